The predicted octanol–water partition coefficient (Wildman–Crippen LogP) is 3.66. The van der Waals surface area contributed by atoms with Crippen LogP contribution in [-0.4, -0.2) is 42.0 Å². The van der Waals surface area contributed by atoms with Gasteiger partial charge in [0.1, 0.15) is 11.4 Å². The minimum atomic E-state index is -0.528. The molecule has 2 heterocycles. The highest BCUT2D eigenvalue weighted by Gasteiger charge is 2.24. The van der Waals surface area contributed by atoms with E-state index in [0.717, 1.165) is 38.8 Å². The second-order valence-electron chi connectivity index (χ2n) is 7.16. The molecular formula is C22H26N2O3. The Hall–Kier alpha value is -2.69. The van der Waals surface area contributed by atoms with Gasteiger partial charge in [0, 0.05) is 13.1 Å². The molecule has 1 amide bonds. The first-order valence-electron chi connectivity index (χ1n) is 9.47. The molecule has 1 aromatic heterocycles. The molecule has 1 fully saturated rings. The van der Waals surface area contributed by atoms with E-state index >= 15 is 0 Å². The number of nitrogens with zero attached hydrogens (tertiary/aromatic N) is 2. The predicted molar refractivity (Wildman–Crippen MR) is 104 cm³/mol. The number of ether oxygens (including phenoxy) is 1. The number of likely N-dealkylation sites (tertiary alicyclic amines) is 1. The van der Waals surface area contributed by atoms with Gasteiger partial charge in [-0.1, -0.05) is 35.9 Å². The first-order valence-corrected chi connectivity index (χ1v) is 9.47. The molecule has 0 spiro atoms. The molecule has 5 nitrogen and oxygen atoms in total. The molecule has 1 aliphatic heterocycles. The molecule has 1 aliphatic rings. The lowest BCUT2D eigenvalue weighted by Crippen LogP contribution is -2.39. The molecule has 2 aromatic rings. The number of amides is 1. The fraction of sp³-hybridized carbons (Fsp3) is 0.409. The molecule has 3 rings (SSSR count). The lowest BCUT2D eigenvalue weighted by molar-refractivity contribution is 0.0593. The minimum absolute atomic E-state index is 0.113. The van der Waals surface area contributed by atoms with Crippen molar-refractivity contribution in [3.05, 3.63) is 65.0 Å². The Morgan fingerprint density at radius 2 is 1.74 bits per heavy atom. The van der Waals surface area contributed by atoms with E-state index in [2.05, 4.69) is 40.9 Å². The number of esters is 1. The van der Waals surface area contributed by atoms with Crippen LogP contribution < -0.4 is 0 Å². The van der Waals surface area contributed by atoms with Crippen molar-refractivity contribution in [2.45, 2.75) is 32.6 Å². The SMILES string of the molecule is COC(=O)c1cccc(C(=O)N2CCC(CCc3ccc(C)cc3)CC2)n1. The summed E-state index contributed by atoms with van der Waals surface area (Å²) in [6.45, 7) is 3.58. The van der Waals surface area contributed by atoms with E-state index in [9.17, 15) is 9.59 Å². The maximum atomic E-state index is 12.7. The quantitative estimate of drug-likeness (QED) is 0.758. The maximum Gasteiger partial charge on any atom is 0.356 e. The van der Waals surface area contributed by atoms with Gasteiger partial charge in [-0.15, -0.1) is 0 Å². The van der Waals surface area contributed by atoms with Crippen LogP contribution in [0.5, 0.6) is 0 Å². The number of aryl methyl sites for hydroxylation is 2. The van der Waals surface area contributed by atoms with Crippen LogP contribution in [0, 0.1) is 12.8 Å². The summed E-state index contributed by atoms with van der Waals surface area (Å²) in [6.07, 6.45) is 4.26. The number of pyridine rings is 1. The number of carbonyl (C=O) groups excluding carboxylic acids is 2. The summed E-state index contributed by atoms with van der Waals surface area (Å²) in [7, 11) is 1.31. The molecule has 0 bridgehead atoms. The van der Waals surface area contributed by atoms with Gasteiger partial charge in [-0.25, -0.2) is 9.78 Å². The van der Waals surface area contributed by atoms with E-state index in [1.54, 1.807) is 18.2 Å². The van der Waals surface area contributed by atoms with E-state index in [1.807, 2.05) is 4.90 Å². The van der Waals surface area contributed by atoms with Crippen LogP contribution >= 0.6 is 0 Å². The van der Waals surface area contributed by atoms with Crippen molar-refractivity contribution in [2.24, 2.45) is 5.92 Å². The van der Waals surface area contributed by atoms with Crippen LogP contribution in [0.1, 0.15) is 51.4 Å². The summed E-state index contributed by atoms with van der Waals surface area (Å²) in [5, 5.41) is 0. The molecule has 0 unspecified atom stereocenters. The normalized spacial score (nSPS) is 14.8. The van der Waals surface area contributed by atoms with Crippen molar-refractivity contribution in [1.82, 2.24) is 9.88 Å². The van der Waals surface area contributed by atoms with Crippen molar-refractivity contribution in [3.8, 4) is 0 Å². The number of hydrogen-bond acceptors (Lipinski definition) is 4. The highest BCUT2D eigenvalue weighted by molar-refractivity contribution is 5.94. The molecule has 0 saturated carbocycles. The third-order valence-corrected chi connectivity index (χ3v) is 5.23. The van der Waals surface area contributed by atoms with E-state index in [-0.39, 0.29) is 11.6 Å². The number of rotatable bonds is 5. The second-order valence-corrected chi connectivity index (χ2v) is 7.16. The van der Waals surface area contributed by atoms with Gasteiger partial charge in [0.2, 0.25) is 0 Å². The fourth-order valence-electron chi connectivity index (χ4n) is 3.48. The van der Waals surface area contributed by atoms with Gasteiger partial charge in [0.25, 0.3) is 5.91 Å². The average Bonchev–Trinajstić information content (AvgIpc) is 2.72. The van der Waals surface area contributed by atoms with Crippen LogP contribution in [0.3, 0.4) is 0 Å². The fourth-order valence-corrected chi connectivity index (χ4v) is 3.48. The van der Waals surface area contributed by atoms with Crippen molar-refractivity contribution in [1.29, 1.82) is 0 Å². The molecule has 1 saturated heterocycles. The standard InChI is InChI=1S/C22H26N2O3/c1-16-6-8-17(9-7-16)10-11-18-12-14-24(15-13-18)21(25)19-4-3-5-20(23-19)22(26)27-2/h3-9,18H,10-15H2,1-2H3. The highest BCUT2D eigenvalue weighted by Crippen LogP contribution is 2.23. The van der Waals surface area contributed by atoms with E-state index < -0.39 is 5.97 Å². The average molecular weight is 366 g/mol. The van der Waals surface area contributed by atoms with Gasteiger partial charge in [-0.3, -0.25) is 4.79 Å². The molecule has 0 radical (unpaired) electrons. The van der Waals surface area contributed by atoms with Crippen molar-refractivity contribution >= 4 is 11.9 Å². The number of carbonyl (C=O) groups is 2. The highest BCUT2D eigenvalue weighted by atomic mass is 16.5. The van der Waals surface area contributed by atoms with Crippen LogP contribution in [0.25, 0.3) is 0 Å². The zero-order valence-electron chi connectivity index (χ0n) is 16.0. The van der Waals surface area contributed by atoms with Crippen molar-refractivity contribution in [3.63, 3.8) is 0 Å². The Labute approximate surface area is 160 Å². The van der Waals surface area contributed by atoms with Crippen LogP contribution in [0.15, 0.2) is 42.5 Å². The van der Waals surface area contributed by atoms with Crippen molar-refractivity contribution in [2.75, 3.05) is 20.2 Å². The van der Waals surface area contributed by atoms with Crippen LogP contribution in [0.2, 0.25) is 0 Å². The summed E-state index contributed by atoms with van der Waals surface area (Å²) < 4.78 is 4.67. The molecule has 142 valence electrons. The Morgan fingerprint density at radius 3 is 2.41 bits per heavy atom. The Balaban J connectivity index is 1.52. The van der Waals surface area contributed by atoms with Gasteiger partial charge >= 0.3 is 5.97 Å². The monoisotopic (exact) mass is 366 g/mol. The van der Waals surface area contributed by atoms with Gasteiger partial charge in [0.15, 0.2) is 0 Å². The number of aromatic nitrogens is 1. The summed E-state index contributed by atoms with van der Waals surface area (Å²) >= 11 is 0. The molecule has 0 N–H and O–H groups in total. The van der Waals surface area contributed by atoms with E-state index in [1.165, 1.54) is 18.2 Å². The molecule has 27 heavy (non-hydrogen) atoms. The zero-order valence-corrected chi connectivity index (χ0v) is 16.0. The molecular weight excluding hydrogens is 340 g/mol. The van der Waals surface area contributed by atoms with Gasteiger partial charge in [0.05, 0.1) is 7.11 Å². The summed E-state index contributed by atoms with van der Waals surface area (Å²) in [5.74, 6) is 0.00178. The first-order chi connectivity index (χ1) is 13.1. The Morgan fingerprint density at radius 1 is 1.07 bits per heavy atom. The van der Waals surface area contributed by atoms with Gasteiger partial charge in [-0.05, 0) is 56.2 Å². The first kappa shape index (κ1) is 19.1. The minimum Gasteiger partial charge on any atom is -0.464 e. The third kappa shape index (κ3) is 4.94. The zero-order chi connectivity index (χ0) is 19.2. The number of benzene rings is 1. The Kier molecular flexibility index (Phi) is 6.22. The summed E-state index contributed by atoms with van der Waals surface area (Å²) in [6, 6.07) is 13.6. The lowest BCUT2D eigenvalue weighted by atomic mass is 9.90. The van der Waals surface area contributed by atoms with Crippen molar-refractivity contribution < 1.29 is 14.3 Å². The Bertz CT molecular complexity index is 793. The maximum absolute atomic E-state index is 12.7. The number of hydrogen-bond donors (Lipinski definition) is 0. The topological polar surface area (TPSA) is 59.5 Å². The van der Waals surface area contributed by atoms with Crippen LogP contribution in [-0.2, 0) is 11.2 Å². The smallest absolute Gasteiger partial charge is 0.356 e. The summed E-state index contributed by atoms with van der Waals surface area (Å²) in [4.78, 5) is 30.3. The summed E-state index contributed by atoms with van der Waals surface area (Å²) in [5.41, 5.74) is 3.13. The molecule has 5 heteroatoms. The van der Waals surface area contributed by atoms with E-state index in [4.69, 9.17) is 0 Å². The van der Waals surface area contributed by atoms with Gasteiger partial charge in [-0.2, -0.15) is 0 Å². The lowest BCUT2D eigenvalue weighted by Gasteiger charge is -2.32. The number of piperidine rings is 1. The van der Waals surface area contributed by atoms with E-state index in [0.29, 0.717) is 11.6 Å². The third-order valence-electron chi connectivity index (χ3n) is 5.23. The molecule has 0 atom stereocenters. The van der Waals surface area contributed by atoms with Gasteiger partial charge < -0.3 is 9.64 Å². The van der Waals surface area contributed by atoms with Crippen LogP contribution in [0.4, 0.5) is 0 Å². The largest absolute Gasteiger partial charge is 0.464 e. The number of methoxy groups -OCH3 is 1. The molecule has 0 aliphatic carbocycles. The molecule has 1 aromatic carbocycles. The second kappa shape index (κ2) is 8.80.